The van der Waals surface area contributed by atoms with Crippen molar-refractivity contribution in [2.75, 3.05) is 6.61 Å². The molecule has 0 fully saturated rings. The number of carbonyl (C=O) groups excluding carboxylic acids is 1. The summed E-state index contributed by atoms with van der Waals surface area (Å²) >= 11 is 0. The zero-order valence-corrected chi connectivity index (χ0v) is 10.4. The maximum Gasteiger partial charge on any atom is 0.315 e. The van der Waals surface area contributed by atoms with Crippen molar-refractivity contribution in [2.24, 2.45) is 0 Å². The van der Waals surface area contributed by atoms with Gasteiger partial charge in [0.2, 0.25) is 0 Å². The molecule has 1 rings (SSSR count). The van der Waals surface area contributed by atoms with Gasteiger partial charge in [0, 0.05) is 6.54 Å². The van der Waals surface area contributed by atoms with Gasteiger partial charge >= 0.3 is 6.03 Å². The van der Waals surface area contributed by atoms with Crippen molar-refractivity contribution in [3.05, 3.63) is 35.4 Å². The highest BCUT2D eigenvalue weighted by atomic mass is 16.3. The molecule has 0 aliphatic carbocycles. The second kappa shape index (κ2) is 6.91. The van der Waals surface area contributed by atoms with E-state index >= 15 is 0 Å². The van der Waals surface area contributed by atoms with Crippen LogP contribution in [0, 0.1) is 6.92 Å². The fourth-order valence-corrected chi connectivity index (χ4v) is 1.40. The number of aliphatic hydroxyl groups is 1. The van der Waals surface area contributed by atoms with E-state index in [1.807, 2.05) is 38.1 Å². The molecule has 3 N–H and O–H groups in total. The Morgan fingerprint density at radius 2 is 2.00 bits per heavy atom. The number of rotatable bonds is 5. The van der Waals surface area contributed by atoms with Gasteiger partial charge in [-0.3, -0.25) is 0 Å². The third-order valence-corrected chi connectivity index (χ3v) is 2.62. The second-order valence-corrected chi connectivity index (χ2v) is 4.10. The molecule has 0 aliphatic rings. The van der Waals surface area contributed by atoms with Gasteiger partial charge in [-0.1, -0.05) is 36.8 Å². The van der Waals surface area contributed by atoms with E-state index in [1.54, 1.807) is 0 Å². The van der Waals surface area contributed by atoms with E-state index in [1.165, 1.54) is 5.56 Å². The third-order valence-electron chi connectivity index (χ3n) is 2.62. The summed E-state index contributed by atoms with van der Waals surface area (Å²) in [6, 6.07) is 7.58. The van der Waals surface area contributed by atoms with Crippen molar-refractivity contribution in [1.29, 1.82) is 0 Å². The van der Waals surface area contributed by atoms with Crippen molar-refractivity contribution in [3.63, 3.8) is 0 Å². The molecule has 1 atom stereocenters. The van der Waals surface area contributed by atoms with Crippen LogP contribution in [0.1, 0.15) is 24.5 Å². The Hall–Kier alpha value is -1.55. The molecule has 0 bridgehead atoms. The van der Waals surface area contributed by atoms with Crippen LogP contribution in [0.5, 0.6) is 0 Å². The number of benzene rings is 1. The van der Waals surface area contributed by atoms with Crippen molar-refractivity contribution in [2.45, 2.75) is 32.9 Å². The first kappa shape index (κ1) is 13.5. The summed E-state index contributed by atoms with van der Waals surface area (Å²) in [4.78, 5) is 11.5. The van der Waals surface area contributed by atoms with Crippen molar-refractivity contribution in [3.8, 4) is 0 Å². The maximum atomic E-state index is 11.5. The smallest absolute Gasteiger partial charge is 0.315 e. The van der Waals surface area contributed by atoms with E-state index < -0.39 is 0 Å². The molecule has 1 aromatic carbocycles. The average Bonchev–Trinajstić information content (AvgIpc) is 2.35. The Kier molecular flexibility index (Phi) is 5.49. The molecule has 0 saturated heterocycles. The lowest BCUT2D eigenvalue weighted by Crippen LogP contribution is -2.43. The monoisotopic (exact) mass is 236 g/mol. The average molecular weight is 236 g/mol. The fourth-order valence-electron chi connectivity index (χ4n) is 1.40. The van der Waals surface area contributed by atoms with E-state index in [4.69, 9.17) is 5.11 Å². The molecular weight excluding hydrogens is 216 g/mol. The molecule has 2 amide bonds. The molecule has 0 radical (unpaired) electrons. The minimum absolute atomic E-state index is 0.0333. The standard InChI is InChI=1S/C13H20N2O2/c1-3-12(9-16)15-13(17)14-8-11-6-4-10(2)5-7-11/h4-7,12,16H,3,8-9H2,1-2H3,(H2,14,15,17). The number of carbonyl (C=O) groups is 1. The minimum atomic E-state index is -0.244. The number of hydrogen-bond acceptors (Lipinski definition) is 2. The summed E-state index contributed by atoms with van der Waals surface area (Å²) in [6.45, 7) is 4.40. The summed E-state index contributed by atoms with van der Waals surface area (Å²) in [6.07, 6.45) is 0.717. The lowest BCUT2D eigenvalue weighted by molar-refractivity contribution is 0.214. The molecule has 4 heteroatoms. The van der Waals surface area contributed by atoms with Gasteiger partial charge in [0.25, 0.3) is 0 Å². The molecule has 1 aromatic rings. The maximum absolute atomic E-state index is 11.5. The van der Waals surface area contributed by atoms with Crippen LogP contribution in [0.15, 0.2) is 24.3 Å². The molecule has 17 heavy (non-hydrogen) atoms. The van der Waals surface area contributed by atoms with E-state index in [0.29, 0.717) is 13.0 Å². The zero-order chi connectivity index (χ0) is 12.7. The fraction of sp³-hybridized carbons (Fsp3) is 0.462. The van der Waals surface area contributed by atoms with Gasteiger partial charge in [-0.2, -0.15) is 0 Å². The van der Waals surface area contributed by atoms with Crippen LogP contribution in [0.2, 0.25) is 0 Å². The lowest BCUT2D eigenvalue weighted by atomic mass is 10.1. The topological polar surface area (TPSA) is 61.4 Å². The normalized spacial score (nSPS) is 11.9. The van der Waals surface area contributed by atoms with Crippen molar-refractivity contribution >= 4 is 6.03 Å². The van der Waals surface area contributed by atoms with Gasteiger partial charge in [0.15, 0.2) is 0 Å². The summed E-state index contributed by atoms with van der Waals surface area (Å²) < 4.78 is 0. The Morgan fingerprint density at radius 3 is 2.53 bits per heavy atom. The first-order valence-electron chi connectivity index (χ1n) is 5.86. The zero-order valence-electron chi connectivity index (χ0n) is 10.4. The van der Waals surface area contributed by atoms with Crippen molar-refractivity contribution < 1.29 is 9.90 Å². The Labute approximate surface area is 102 Å². The molecule has 94 valence electrons. The third kappa shape index (κ3) is 4.87. The SMILES string of the molecule is CCC(CO)NC(=O)NCc1ccc(C)cc1. The summed E-state index contributed by atoms with van der Waals surface area (Å²) in [5.74, 6) is 0. The van der Waals surface area contributed by atoms with Gasteiger partial charge in [-0.25, -0.2) is 4.79 Å². The Balaban J connectivity index is 2.35. The summed E-state index contributed by atoms with van der Waals surface area (Å²) in [7, 11) is 0. The van der Waals surface area contributed by atoms with E-state index in [-0.39, 0.29) is 18.7 Å². The van der Waals surface area contributed by atoms with Gasteiger partial charge in [-0.15, -0.1) is 0 Å². The Bertz CT molecular complexity index is 345. The number of nitrogens with one attached hydrogen (secondary N) is 2. The number of urea groups is 1. The number of amides is 2. The highest BCUT2D eigenvalue weighted by Crippen LogP contribution is 2.02. The van der Waals surface area contributed by atoms with E-state index in [2.05, 4.69) is 10.6 Å². The number of aliphatic hydroxyl groups excluding tert-OH is 1. The molecule has 0 saturated carbocycles. The lowest BCUT2D eigenvalue weighted by Gasteiger charge is -2.14. The molecule has 0 aromatic heterocycles. The second-order valence-electron chi connectivity index (χ2n) is 4.10. The van der Waals surface area contributed by atoms with Crippen LogP contribution in [0.4, 0.5) is 4.79 Å². The Morgan fingerprint density at radius 1 is 1.35 bits per heavy atom. The largest absolute Gasteiger partial charge is 0.394 e. The molecule has 1 unspecified atom stereocenters. The summed E-state index contributed by atoms with van der Waals surface area (Å²) in [5, 5.41) is 14.4. The van der Waals surface area contributed by atoms with Crippen LogP contribution in [0.3, 0.4) is 0 Å². The predicted molar refractivity (Wildman–Crippen MR) is 67.7 cm³/mol. The van der Waals surface area contributed by atoms with Gasteiger partial charge in [0.05, 0.1) is 12.6 Å². The van der Waals surface area contributed by atoms with Crippen LogP contribution < -0.4 is 10.6 Å². The molecule has 0 spiro atoms. The van der Waals surface area contributed by atoms with Gasteiger partial charge < -0.3 is 15.7 Å². The van der Waals surface area contributed by atoms with Crippen LogP contribution in [0.25, 0.3) is 0 Å². The van der Waals surface area contributed by atoms with E-state index in [9.17, 15) is 4.79 Å². The molecule has 4 nitrogen and oxygen atoms in total. The highest BCUT2D eigenvalue weighted by Gasteiger charge is 2.07. The quantitative estimate of drug-likeness (QED) is 0.726. The number of aryl methyl sites for hydroxylation is 1. The van der Waals surface area contributed by atoms with Gasteiger partial charge in [-0.05, 0) is 18.9 Å². The van der Waals surface area contributed by atoms with Crippen LogP contribution in [-0.2, 0) is 6.54 Å². The summed E-state index contributed by atoms with van der Waals surface area (Å²) in [5.41, 5.74) is 2.26. The van der Waals surface area contributed by atoms with E-state index in [0.717, 1.165) is 5.56 Å². The van der Waals surface area contributed by atoms with Crippen molar-refractivity contribution in [1.82, 2.24) is 10.6 Å². The minimum Gasteiger partial charge on any atom is -0.394 e. The predicted octanol–water partition coefficient (Wildman–Crippen LogP) is 1.57. The number of hydrogen-bond donors (Lipinski definition) is 3. The van der Waals surface area contributed by atoms with Crippen LogP contribution >= 0.6 is 0 Å². The molecule has 0 heterocycles. The molecule has 0 aliphatic heterocycles. The van der Waals surface area contributed by atoms with Gasteiger partial charge in [0.1, 0.15) is 0 Å². The molecular formula is C13H20N2O2. The van der Waals surface area contributed by atoms with Crippen LogP contribution in [-0.4, -0.2) is 23.8 Å². The highest BCUT2D eigenvalue weighted by molar-refractivity contribution is 5.74. The first-order valence-corrected chi connectivity index (χ1v) is 5.86. The first-order chi connectivity index (χ1) is 8.15.